The molecule has 0 radical (unpaired) electrons. The summed E-state index contributed by atoms with van der Waals surface area (Å²) in [7, 11) is 0. The minimum Gasteiger partial charge on any atom is -0.484 e. The van der Waals surface area contributed by atoms with Crippen LogP contribution in [0.25, 0.3) is 0 Å². The molecule has 1 fully saturated rings. The monoisotopic (exact) mass is 337 g/mol. The van der Waals surface area contributed by atoms with Gasteiger partial charge in [0.15, 0.2) is 12.4 Å². The first-order chi connectivity index (χ1) is 12.1. The van der Waals surface area contributed by atoms with Crippen LogP contribution >= 0.6 is 0 Å². The summed E-state index contributed by atoms with van der Waals surface area (Å²) in [5.74, 6) is 0.621. The number of hydrogen-bond acceptors (Lipinski definition) is 3. The summed E-state index contributed by atoms with van der Waals surface area (Å²) in [6, 6.07) is 16.9. The van der Waals surface area contributed by atoms with E-state index in [1.807, 2.05) is 61.5 Å². The summed E-state index contributed by atoms with van der Waals surface area (Å²) in [5, 5.41) is 0. The van der Waals surface area contributed by atoms with Gasteiger partial charge in [-0.05, 0) is 31.9 Å². The van der Waals surface area contributed by atoms with E-state index in [0.29, 0.717) is 18.8 Å². The summed E-state index contributed by atoms with van der Waals surface area (Å²) >= 11 is 0. The molecule has 1 amide bonds. The fourth-order valence-corrected chi connectivity index (χ4v) is 3.13. The van der Waals surface area contributed by atoms with E-state index in [9.17, 15) is 9.59 Å². The average Bonchev–Trinajstić information content (AvgIpc) is 2.67. The van der Waals surface area contributed by atoms with Crippen LogP contribution in [0.1, 0.15) is 28.8 Å². The number of carbonyl (C=O) groups is 2. The molecule has 1 saturated heterocycles. The highest BCUT2D eigenvalue weighted by molar-refractivity contribution is 5.98. The van der Waals surface area contributed by atoms with Crippen LogP contribution in [0.2, 0.25) is 0 Å². The van der Waals surface area contributed by atoms with Crippen LogP contribution in [0.5, 0.6) is 5.75 Å². The van der Waals surface area contributed by atoms with E-state index >= 15 is 0 Å². The van der Waals surface area contributed by atoms with Gasteiger partial charge >= 0.3 is 0 Å². The molecule has 4 heteroatoms. The fraction of sp³-hybridized carbons (Fsp3) is 0.333. The van der Waals surface area contributed by atoms with E-state index in [0.717, 1.165) is 24.0 Å². The van der Waals surface area contributed by atoms with Crippen molar-refractivity contribution in [2.24, 2.45) is 5.92 Å². The number of hydrogen-bond donors (Lipinski definition) is 0. The number of piperidine rings is 1. The Hall–Kier alpha value is -2.62. The van der Waals surface area contributed by atoms with Crippen molar-refractivity contribution in [2.75, 3.05) is 19.7 Å². The van der Waals surface area contributed by atoms with Gasteiger partial charge in [0.25, 0.3) is 5.91 Å². The quantitative estimate of drug-likeness (QED) is 0.785. The van der Waals surface area contributed by atoms with Gasteiger partial charge in [-0.15, -0.1) is 0 Å². The highest BCUT2D eigenvalue weighted by Gasteiger charge is 2.29. The number of aryl methyl sites for hydroxylation is 1. The molecule has 0 aromatic heterocycles. The molecule has 25 heavy (non-hydrogen) atoms. The van der Waals surface area contributed by atoms with Crippen LogP contribution < -0.4 is 4.74 Å². The number of nitrogens with zero attached hydrogens (tertiary/aromatic N) is 1. The number of Topliss-reactive ketones (excluding diaryl/α,β-unsaturated/α-hetero) is 1. The second-order valence-corrected chi connectivity index (χ2v) is 6.51. The van der Waals surface area contributed by atoms with Crippen LogP contribution in [-0.2, 0) is 4.79 Å². The first-order valence-corrected chi connectivity index (χ1v) is 8.70. The van der Waals surface area contributed by atoms with Gasteiger partial charge in [-0.3, -0.25) is 9.59 Å². The van der Waals surface area contributed by atoms with Crippen molar-refractivity contribution < 1.29 is 14.3 Å². The minimum atomic E-state index is -0.125. The number of rotatable bonds is 5. The summed E-state index contributed by atoms with van der Waals surface area (Å²) < 4.78 is 5.58. The predicted octanol–water partition coefficient (Wildman–Crippen LogP) is 3.50. The minimum absolute atomic E-state index is 0.00923. The first kappa shape index (κ1) is 17.2. The van der Waals surface area contributed by atoms with E-state index in [4.69, 9.17) is 4.74 Å². The lowest BCUT2D eigenvalue weighted by molar-refractivity contribution is -0.134. The Balaban J connectivity index is 1.56. The third-order valence-corrected chi connectivity index (χ3v) is 4.59. The van der Waals surface area contributed by atoms with Crippen LogP contribution in [-0.4, -0.2) is 36.3 Å². The Labute approximate surface area is 148 Å². The lowest BCUT2D eigenvalue weighted by atomic mass is 9.90. The Kier molecular flexibility index (Phi) is 5.49. The standard InChI is InChI=1S/C21H23NO3/c1-16-9-11-19(12-10-16)25-15-20(23)22-13-5-8-18(14-22)21(24)17-6-3-2-4-7-17/h2-4,6-7,9-12,18H,5,8,13-15H2,1H3. The zero-order chi connectivity index (χ0) is 17.6. The maximum Gasteiger partial charge on any atom is 0.260 e. The molecule has 1 aliphatic heterocycles. The van der Waals surface area contributed by atoms with Gasteiger partial charge in [-0.2, -0.15) is 0 Å². The van der Waals surface area contributed by atoms with Gasteiger partial charge in [-0.1, -0.05) is 48.0 Å². The van der Waals surface area contributed by atoms with Crippen LogP contribution in [0.15, 0.2) is 54.6 Å². The van der Waals surface area contributed by atoms with Crippen molar-refractivity contribution in [1.29, 1.82) is 0 Å². The Bertz CT molecular complexity index is 725. The lowest BCUT2D eigenvalue weighted by Crippen LogP contribution is -2.44. The predicted molar refractivity (Wildman–Crippen MR) is 96.8 cm³/mol. The molecule has 1 atom stereocenters. The molecular weight excluding hydrogens is 314 g/mol. The molecule has 1 aliphatic rings. The number of amides is 1. The van der Waals surface area contributed by atoms with Gasteiger partial charge in [0.1, 0.15) is 5.75 Å². The SMILES string of the molecule is Cc1ccc(OCC(=O)N2CCCC(C(=O)c3ccccc3)C2)cc1. The van der Waals surface area contributed by atoms with Crippen LogP contribution in [0.4, 0.5) is 0 Å². The molecule has 3 rings (SSSR count). The number of likely N-dealkylation sites (tertiary alicyclic amines) is 1. The molecule has 1 unspecified atom stereocenters. The second-order valence-electron chi connectivity index (χ2n) is 6.51. The van der Waals surface area contributed by atoms with Gasteiger partial charge in [0, 0.05) is 24.6 Å². The van der Waals surface area contributed by atoms with Crippen molar-refractivity contribution >= 4 is 11.7 Å². The molecule has 0 bridgehead atoms. The van der Waals surface area contributed by atoms with Crippen molar-refractivity contribution in [3.63, 3.8) is 0 Å². The average molecular weight is 337 g/mol. The van der Waals surface area contributed by atoms with E-state index in [1.165, 1.54) is 0 Å². The first-order valence-electron chi connectivity index (χ1n) is 8.70. The third-order valence-electron chi connectivity index (χ3n) is 4.59. The molecule has 0 N–H and O–H groups in total. The van der Waals surface area contributed by atoms with Gasteiger partial charge in [0.2, 0.25) is 0 Å². The fourth-order valence-electron chi connectivity index (χ4n) is 3.13. The normalized spacial score (nSPS) is 17.2. The lowest BCUT2D eigenvalue weighted by Gasteiger charge is -2.32. The van der Waals surface area contributed by atoms with E-state index < -0.39 is 0 Å². The molecule has 1 heterocycles. The van der Waals surface area contributed by atoms with E-state index in [-0.39, 0.29) is 24.2 Å². The summed E-state index contributed by atoms with van der Waals surface area (Å²) in [6.45, 7) is 3.18. The molecule has 0 saturated carbocycles. The summed E-state index contributed by atoms with van der Waals surface area (Å²) in [4.78, 5) is 26.8. The molecule has 0 aliphatic carbocycles. The van der Waals surface area contributed by atoms with Gasteiger partial charge in [-0.25, -0.2) is 0 Å². The second kappa shape index (κ2) is 7.97. The number of benzene rings is 2. The van der Waals surface area contributed by atoms with E-state index in [1.54, 1.807) is 4.90 Å². The zero-order valence-corrected chi connectivity index (χ0v) is 14.5. The van der Waals surface area contributed by atoms with E-state index in [2.05, 4.69) is 0 Å². The van der Waals surface area contributed by atoms with Crippen molar-refractivity contribution in [1.82, 2.24) is 4.90 Å². The summed E-state index contributed by atoms with van der Waals surface area (Å²) in [6.07, 6.45) is 1.68. The van der Waals surface area contributed by atoms with Crippen molar-refractivity contribution in [2.45, 2.75) is 19.8 Å². The highest BCUT2D eigenvalue weighted by atomic mass is 16.5. The molecule has 2 aromatic rings. The molecule has 130 valence electrons. The maximum absolute atomic E-state index is 12.6. The number of ketones is 1. The number of ether oxygens (including phenoxy) is 1. The zero-order valence-electron chi connectivity index (χ0n) is 14.5. The largest absolute Gasteiger partial charge is 0.484 e. The Morgan fingerprint density at radius 1 is 1.08 bits per heavy atom. The topological polar surface area (TPSA) is 46.6 Å². The Morgan fingerprint density at radius 2 is 1.80 bits per heavy atom. The maximum atomic E-state index is 12.6. The molecule has 2 aromatic carbocycles. The highest BCUT2D eigenvalue weighted by Crippen LogP contribution is 2.21. The van der Waals surface area contributed by atoms with Crippen molar-refractivity contribution in [3.8, 4) is 5.75 Å². The smallest absolute Gasteiger partial charge is 0.260 e. The Morgan fingerprint density at radius 3 is 2.52 bits per heavy atom. The van der Waals surface area contributed by atoms with Gasteiger partial charge in [0.05, 0.1) is 0 Å². The molecule has 0 spiro atoms. The molecular formula is C21H23NO3. The molecule has 4 nitrogen and oxygen atoms in total. The number of carbonyl (C=O) groups excluding carboxylic acids is 2. The third kappa shape index (κ3) is 4.47. The van der Waals surface area contributed by atoms with Crippen molar-refractivity contribution in [3.05, 3.63) is 65.7 Å². The summed E-state index contributed by atoms with van der Waals surface area (Å²) in [5.41, 5.74) is 1.87. The van der Waals surface area contributed by atoms with Gasteiger partial charge < -0.3 is 9.64 Å². The van der Waals surface area contributed by atoms with Crippen LogP contribution in [0.3, 0.4) is 0 Å². The van der Waals surface area contributed by atoms with Crippen LogP contribution in [0, 0.1) is 12.8 Å².